The molecule has 2 N–H and O–H groups in total. The molecule has 26 heavy (non-hydrogen) atoms. The lowest BCUT2D eigenvalue weighted by Gasteiger charge is -2.07. The molecule has 2 heterocycles. The fourth-order valence-electron chi connectivity index (χ4n) is 2.91. The molecule has 4 rings (SSSR count). The van der Waals surface area contributed by atoms with E-state index in [4.69, 9.17) is 4.42 Å². The van der Waals surface area contributed by atoms with Crippen LogP contribution in [0, 0.1) is 6.92 Å². The van der Waals surface area contributed by atoms with Crippen LogP contribution in [0.4, 0.5) is 11.4 Å². The summed E-state index contributed by atoms with van der Waals surface area (Å²) in [5, 5.41) is 5.68. The van der Waals surface area contributed by atoms with Crippen LogP contribution in [0.5, 0.6) is 0 Å². The van der Waals surface area contributed by atoms with Crippen LogP contribution in [0.15, 0.2) is 65.3 Å². The highest BCUT2D eigenvalue weighted by atomic mass is 16.3. The Morgan fingerprint density at radius 3 is 2.77 bits per heavy atom. The van der Waals surface area contributed by atoms with Crippen molar-refractivity contribution >= 4 is 34.8 Å². The van der Waals surface area contributed by atoms with E-state index in [9.17, 15) is 9.59 Å². The first-order chi connectivity index (χ1) is 12.6. The zero-order valence-electron chi connectivity index (χ0n) is 14.1. The van der Waals surface area contributed by atoms with E-state index >= 15 is 0 Å². The number of amides is 2. The number of hydrogen-bond donors (Lipinski definition) is 2. The Morgan fingerprint density at radius 1 is 1.12 bits per heavy atom. The van der Waals surface area contributed by atoms with Crippen LogP contribution in [0.25, 0.3) is 11.6 Å². The lowest BCUT2D eigenvalue weighted by molar-refractivity contribution is -0.110. The van der Waals surface area contributed by atoms with E-state index in [-0.39, 0.29) is 11.8 Å². The molecule has 5 nitrogen and oxygen atoms in total. The predicted molar refractivity (Wildman–Crippen MR) is 101 cm³/mol. The van der Waals surface area contributed by atoms with Crippen LogP contribution in [0.1, 0.15) is 27.2 Å². The molecule has 2 aromatic carbocycles. The Labute approximate surface area is 150 Å². The Hall–Kier alpha value is -3.60. The molecular weight excluding hydrogens is 328 g/mol. The van der Waals surface area contributed by atoms with Crippen molar-refractivity contribution in [2.24, 2.45) is 0 Å². The third-order valence-electron chi connectivity index (χ3n) is 4.17. The van der Waals surface area contributed by atoms with Crippen molar-refractivity contribution in [3.05, 3.63) is 83.3 Å². The van der Waals surface area contributed by atoms with Crippen LogP contribution in [-0.2, 0) is 4.79 Å². The van der Waals surface area contributed by atoms with E-state index in [1.165, 1.54) is 0 Å². The highest BCUT2D eigenvalue weighted by molar-refractivity contribution is 6.35. The summed E-state index contributed by atoms with van der Waals surface area (Å²) >= 11 is 0. The molecule has 0 saturated carbocycles. The van der Waals surface area contributed by atoms with Crippen LogP contribution in [-0.4, -0.2) is 11.8 Å². The van der Waals surface area contributed by atoms with Crippen molar-refractivity contribution in [3.63, 3.8) is 0 Å². The zero-order chi connectivity index (χ0) is 18.1. The van der Waals surface area contributed by atoms with Gasteiger partial charge in [0.2, 0.25) is 0 Å². The van der Waals surface area contributed by atoms with Crippen LogP contribution < -0.4 is 10.6 Å². The molecule has 128 valence electrons. The van der Waals surface area contributed by atoms with Gasteiger partial charge in [-0.05, 0) is 61.0 Å². The highest BCUT2D eigenvalue weighted by Gasteiger charge is 2.25. The first-order valence-corrected chi connectivity index (χ1v) is 8.19. The van der Waals surface area contributed by atoms with Crippen molar-refractivity contribution in [1.82, 2.24) is 0 Å². The molecule has 2 amide bonds. The Morgan fingerprint density at radius 2 is 2.00 bits per heavy atom. The number of furan rings is 1. The monoisotopic (exact) mass is 344 g/mol. The number of carbonyl (C=O) groups is 2. The van der Waals surface area contributed by atoms with Gasteiger partial charge in [0.25, 0.3) is 11.8 Å². The van der Waals surface area contributed by atoms with Crippen molar-refractivity contribution in [3.8, 4) is 0 Å². The highest BCUT2D eigenvalue weighted by Crippen LogP contribution is 2.34. The molecule has 0 bridgehead atoms. The molecule has 1 aliphatic heterocycles. The SMILES string of the molecule is Cc1cccc(NC(=O)c2ccc3c(c2)C(=Cc2ccco2)C(=O)N3)c1. The van der Waals surface area contributed by atoms with Gasteiger partial charge in [-0.1, -0.05) is 12.1 Å². The number of hydrogen-bond acceptors (Lipinski definition) is 3. The smallest absolute Gasteiger partial charge is 0.256 e. The quantitative estimate of drug-likeness (QED) is 0.695. The summed E-state index contributed by atoms with van der Waals surface area (Å²) in [4.78, 5) is 24.8. The van der Waals surface area contributed by atoms with Gasteiger partial charge in [0.05, 0.1) is 11.8 Å². The van der Waals surface area contributed by atoms with Gasteiger partial charge in [-0.2, -0.15) is 0 Å². The average Bonchev–Trinajstić information content (AvgIpc) is 3.23. The molecule has 5 heteroatoms. The zero-order valence-corrected chi connectivity index (χ0v) is 14.1. The molecule has 1 aliphatic rings. The number of carbonyl (C=O) groups excluding carboxylic acids is 2. The predicted octanol–water partition coefficient (Wildman–Crippen LogP) is 4.33. The summed E-state index contributed by atoms with van der Waals surface area (Å²) < 4.78 is 5.29. The second-order valence-electron chi connectivity index (χ2n) is 6.11. The lowest BCUT2D eigenvalue weighted by Crippen LogP contribution is -2.12. The fraction of sp³-hybridized carbons (Fsp3) is 0.0476. The van der Waals surface area contributed by atoms with Gasteiger partial charge in [-0.3, -0.25) is 9.59 Å². The molecule has 0 fully saturated rings. The number of aryl methyl sites for hydroxylation is 1. The molecule has 0 radical (unpaired) electrons. The van der Waals surface area contributed by atoms with E-state index in [0.29, 0.717) is 28.1 Å². The van der Waals surface area contributed by atoms with Gasteiger partial charge in [0, 0.05) is 22.5 Å². The Bertz CT molecular complexity index is 1030. The topological polar surface area (TPSA) is 71.3 Å². The summed E-state index contributed by atoms with van der Waals surface area (Å²) in [6, 6.07) is 16.3. The van der Waals surface area contributed by atoms with E-state index in [1.807, 2.05) is 31.2 Å². The number of nitrogens with one attached hydrogen (secondary N) is 2. The van der Waals surface area contributed by atoms with Gasteiger partial charge in [0.15, 0.2) is 0 Å². The average molecular weight is 344 g/mol. The van der Waals surface area contributed by atoms with Gasteiger partial charge in [-0.15, -0.1) is 0 Å². The molecule has 1 aromatic heterocycles. The van der Waals surface area contributed by atoms with E-state index in [1.54, 1.807) is 42.7 Å². The number of rotatable bonds is 3. The minimum atomic E-state index is -0.227. The van der Waals surface area contributed by atoms with E-state index < -0.39 is 0 Å². The molecule has 0 aliphatic carbocycles. The first-order valence-electron chi connectivity index (χ1n) is 8.19. The number of fused-ring (bicyclic) bond motifs is 1. The normalized spacial score (nSPS) is 14.2. The van der Waals surface area contributed by atoms with Gasteiger partial charge in [-0.25, -0.2) is 0 Å². The Kier molecular flexibility index (Phi) is 3.89. The van der Waals surface area contributed by atoms with Crippen LogP contribution in [0.3, 0.4) is 0 Å². The second kappa shape index (κ2) is 6.37. The largest absolute Gasteiger partial charge is 0.465 e. The summed E-state index contributed by atoms with van der Waals surface area (Å²) in [7, 11) is 0. The molecule has 0 unspecified atom stereocenters. The van der Waals surface area contributed by atoms with E-state index in [0.717, 1.165) is 11.3 Å². The maximum absolute atomic E-state index is 12.6. The first kappa shape index (κ1) is 15.9. The Balaban J connectivity index is 1.65. The maximum Gasteiger partial charge on any atom is 0.256 e. The summed E-state index contributed by atoms with van der Waals surface area (Å²) in [6.07, 6.45) is 3.22. The number of anilines is 2. The summed E-state index contributed by atoms with van der Waals surface area (Å²) in [5.74, 6) is 0.139. The van der Waals surface area contributed by atoms with Crippen molar-refractivity contribution in [2.45, 2.75) is 6.92 Å². The molecule has 0 spiro atoms. The third kappa shape index (κ3) is 3.02. The van der Waals surface area contributed by atoms with Crippen LogP contribution in [0.2, 0.25) is 0 Å². The van der Waals surface area contributed by atoms with Crippen LogP contribution >= 0.6 is 0 Å². The fourth-order valence-corrected chi connectivity index (χ4v) is 2.91. The van der Waals surface area contributed by atoms with Crippen molar-refractivity contribution < 1.29 is 14.0 Å². The lowest BCUT2D eigenvalue weighted by atomic mass is 10.0. The third-order valence-corrected chi connectivity index (χ3v) is 4.17. The maximum atomic E-state index is 12.6. The molecular formula is C21H16N2O3. The summed E-state index contributed by atoms with van der Waals surface area (Å²) in [6.45, 7) is 1.97. The number of benzene rings is 2. The minimum Gasteiger partial charge on any atom is -0.465 e. The minimum absolute atomic E-state index is 0.215. The molecule has 3 aromatic rings. The van der Waals surface area contributed by atoms with Crippen molar-refractivity contribution in [1.29, 1.82) is 0 Å². The van der Waals surface area contributed by atoms with Gasteiger partial charge >= 0.3 is 0 Å². The molecule has 0 saturated heterocycles. The van der Waals surface area contributed by atoms with Gasteiger partial charge < -0.3 is 15.1 Å². The van der Waals surface area contributed by atoms with Gasteiger partial charge in [0.1, 0.15) is 5.76 Å². The summed E-state index contributed by atoms with van der Waals surface area (Å²) in [5.41, 5.74) is 4.11. The standard InChI is InChI=1S/C21H16N2O3/c1-13-4-2-5-15(10-13)22-20(24)14-7-8-19-17(11-14)18(21(25)23-19)12-16-6-3-9-26-16/h2-12H,1H3,(H,22,24)(H,23,25). The van der Waals surface area contributed by atoms with Crippen molar-refractivity contribution in [2.75, 3.05) is 10.6 Å². The van der Waals surface area contributed by atoms with E-state index in [2.05, 4.69) is 10.6 Å². The molecule has 0 atom stereocenters. The second-order valence-corrected chi connectivity index (χ2v) is 6.11.